The van der Waals surface area contributed by atoms with E-state index >= 15 is 0 Å². The van der Waals surface area contributed by atoms with Crippen LogP contribution in [0.15, 0.2) is 48.5 Å². The van der Waals surface area contributed by atoms with Gasteiger partial charge in [-0.3, -0.25) is 0 Å². The summed E-state index contributed by atoms with van der Waals surface area (Å²) in [5.74, 6) is 1.48. The number of benzene rings is 2. The molecule has 0 bridgehead atoms. The first kappa shape index (κ1) is 14.6. The highest BCUT2D eigenvalue weighted by Gasteiger charge is 2.09. The molecule has 0 heterocycles. The maximum absolute atomic E-state index is 9.76. The Morgan fingerprint density at radius 3 is 2.70 bits per heavy atom. The predicted molar refractivity (Wildman–Crippen MR) is 81.0 cm³/mol. The van der Waals surface area contributed by atoms with Crippen LogP contribution in [-0.2, 0) is 6.42 Å². The Labute approximate surface area is 120 Å². The number of nitrogens with two attached hydrogens (primary N) is 1. The van der Waals surface area contributed by atoms with Gasteiger partial charge in [0.15, 0.2) is 0 Å². The molecule has 106 valence electrons. The second-order valence-electron chi connectivity index (χ2n) is 4.86. The van der Waals surface area contributed by atoms with Crippen LogP contribution in [0.2, 0.25) is 0 Å². The van der Waals surface area contributed by atoms with E-state index in [9.17, 15) is 5.11 Å². The lowest BCUT2D eigenvalue weighted by Crippen LogP contribution is -2.00. The van der Waals surface area contributed by atoms with Gasteiger partial charge in [-0.1, -0.05) is 30.3 Å². The van der Waals surface area contributed by atoms with E-state index in [0.717, 1.165) is 24.2 Å². The van der Waals surface area contributed by atoms with E-state index in [1.807, 2.05) is 42.5 Å². The van der Waals surface area contributed by atoms with Gasteiger partial charge in [0.25, 0.3) is 0 Å². The van der Waals surface area contributed by atoms with E-state index in [0.29, 0.717) is 12.3 Å². The normalized spacial score (nSPS) is 12.2. The van der Waals surface area contributed by atoms with Gasteiger partial charge in [0.1, 0.15) is 11.5 Å². The van der Waals surface area contributed by atoms with Crippen LogP contribution in [0.1, 0.15) is 30.6 Å². The van der Waals surface area contributed by atoms with Gasteiger partial charge in [-0.2, -0.15) is 0 Å². The lowest BCUT2D eigenvalue weighted by molar-refractivity contribution is 0.195. The van der Waals surface area contributed by atoms with Gasteiger partial charge in [0.2, 0.25) is 0 Å². The Balaban J connectivity index is 2.17. The van der Waals surface area contributed by atoms with Crippen LogP contribution in [0.25, 0.3) is 0 Å². The fraction of sp³-hybridized carbons (Fsp3) is 0.294. The molecule has 0 aliphatic rings. The zero-order chi connectivity index (χ0) is 14.4. The summed E-state index contributed by atoms with van der Waals surface area (Å²) in [6.07, 6.45) is 1.37. The molecule has 1 unspecified atom stereocenters. The van der Waals surface area contributed by atoms with Gasteiger partial charge in [0.05, 0.1) is 6.10 Å². The molecule has 0 aliphatic carbocycles. The van der Waals surface area contributed by atoms with Crippen molar-refractivity contribution in [2.24, 2.45) is 5.73 Å². The molecule has 2 aromatic carbocycles. The fourth-order valence-electron chi connectivity index (χ4n) is 2.12. The number of para-hydroxylation sites is 1. The molecule has 0 saturated heterocycles. The average molecular weight is 271 g/mol. The van der Waals surface area contributed by atoms with E-state index in [-0.39, 0.29) is 0 Å². The van der Waals surface area contributed by atoms with E-state index in [1.165, 1.54) is 5.56 Å². The number of aryl methyl sites for hydroxylation is 1. The van der Waals surface area contributed by atoms with E-state index < -0.39 is 6.10 Å². The lowest BCUT2D eigenvalue weighted by atomic mass is 10.1. The van der Waals surface area contributed by atoms with Crippen LogP contribution in [0, 0.1) is 0 Å². The van der Waals surface area contributed by atoms with E-state index in [2.05, 4.69) is 6.07 Å². The number of ether oxygens (including phenoxy) is 1. The van der Waals surface area contributed by atoms with Crippen LogP contribution in [0.5, 0.6) is 11.5 Å². The second-order valence-corrected chi connectivity index (χ2v) is 4.86. The summed E-state index contributed by atoms with van der Waals surface area (Å²) in [6.45, 7) is 2.43. The van der Waals surface area contributed by atoms with Crippen molar-refractivity contribution in [2.75, 3.05) is 6.54 Å². The van der Waals surface area contributed by atoms with Crippen LogP contribution in [-0.4, -0.2) is 11.7 Å². The molecule has 2 rings (SSSR count). The largest absolute Gasteiger partial charge is 0.457 e. The number of aliphatic hydroxyl groups is 1. The van der Waals surface area contributed by atoms with Crippen molar-refractivity contribution in [1.82, 2.24) is 0 Å². The smallest absolute Gasteiger partial charge is 0.133 e. The van der Waals surface area contributed by atoms with E-state index in [1.54, 1.807) is 6.92 Å². The molecule has 1 atom stereocenters. The number of hydrogen-bond donors (Lipinski definition) is 2. The average Bonchev–Trinajstić information content (AvgIpc) is 2.46. The molecule has 0 spiro atoms. The molecule has 3 nitrogen and oxygen atoms in total. The van der Waals surface area contributed by atoms with Gasteiger partial charge < -0.3 is 15.6 Å². The van der Waals surface area contributed by atoms with Gasteiger partial charge in [-0.25, -0.2) is 0 Å². The molecule has 0 amide bonds. The standard InChI is InChI=1S/C17H21NO2/c1-13(19)16-9-2-3-10-17(16)20-15-8-4-6-14(12-15)7-5-11-18/h2-4,6,8-10,12-13,19H,5,7,11,18H2,1H3. The van der Waals surface area contributed by atoms with Crippen LogP contribution in [0.3, 0.4) is 0 Å². The van der Waals surface area contributed by atoms with Gasteiger partial charge in [0, 0.05) is 5.56 Å². The van der Waals surface area contributed by atoms with Crippen molar-refractivity contribution in [3.63, 3.8) is 0 Å². The third-order valence-electron chi connectivity index (χ3n) is 3.16. The molecule has 20 heavy (non-hydrogen) atoms. The summed E-state index contributed by atoms with van der Waals surface area (Å²) in [5.41, 5.74) is 7.53. The summed E-state index contributed by atoms with van der Waals surface area (Å²) in [6, 6.07) is 15.5. The topological polar surface area (TPSA) is 55.5 Å². The molecular formula is C17H21NO2. The Bertz CT molecular complexity index is 552. The minimum absolute atomic E-state index is 0.549. The first-order valence-electron chi connectivity index (χ1n) is 6.94. The predicted octanol–water partition coefficient (Wildman–Crippen LogP) is 3.42. The highest BCUT2D eigenvalue weighted by Crippen LogP contribution is 2.29. The Morgan fingerprint density at radius 1 is 1.15 bits per heavy atom. The molecular weight excluding hydrogens is 250 g/mol. The minimum Gasteiger partial charge on any atom is -0.457 e. The van der Waals surface area contributed by atoms with Crippen molar-refractivity contribution in [3.05, 3.63) is 59.7 Å². The van der Waals surface area contributed by atoms with Gasteiger partial charge in [-0.05, 0) is 50.1 Å². The Kier molecular flexibility index (Phi) is 5.16. The van der Waals surface area contributed by atoms with Crippen molar-refractivity contribution in [3.8, 4) is 11.5 Å². The molecule has 0 fully saturated rings. The summed E-state index contributed by atoms with van der Waals surface area (Å²) >= 11 is 0. The third-order valence-corrected chi connectivity index (χ3v) is 3.16. The van der Waals surface area contributed by atoms with Gasteiger partial charge in [-0.15, -0.1) is 0 Å². The lowest BCUT2D eigenvalue weighted by Gasteiger charge is -2.13. The fourth-order valence-corrected chi connectivity index (χ4v) is 2.12. The zero-order valence-electron chi connectivity index (χ0n) is 11.8. The maximum Gasteiger partial charge on any atom is 0.133 e. The quantitative estimate of drug-likeness (QED) is 0.846. The van der Waals surface area contributed by atoms with Gasteiger partial charge >= 0.3 is 0 Å². The monoisotopic (exact) mass is 271 g/mol. The number of rotatable bonds is 6. The van der Waals surface area contributed by atoms with E-state index in [4.69, 9.17) is 10.5 Å². The van der Waals surface area contributed by atoms with Crippen molar-refractivity contribution in [2.45, 2.75) is 25.9 Å². The highest BCUT2D eigenvalue weighted by molar-refractivity contribution is 5.39. The summed E-state index contributed by atoms with van der Waals surface area (Å²) < 4.78 is 5.90. The molecule has 0 aromatic heterocycles. The Hall–Kier alpha value is -1.84. The SMILES string of the molecule is CC(O)c1ccccc1Oc1cccc(CCCN)c1. The minimum atomic E-state index is -0.549. The zero-order valence-corrected chi connectivity index (χ0v) is 11.8. The summed E-state index contributed by atoms with van der Waals surface area (Å²) in [4.78, 5) is 0. The third kappa shape index (κ3) is 3.83. The molecule has 2 aromatic rings. The van der Waals surface area contributed by atoms with Crippen LogP contribution in [0.4, 0.5) is 0 Å². The van der Waals surface area contributed by atoms with Crippen LogP contribution >= 0.6 is 0 Å². The first-order chi connectivity index (χ1) is 9.70. The molecule has 0 saturated carbocycles. The first-order valence-corrected chi connectivity index (χ1v) is 6.94. The van der Waals surface area contributed by atoms with Crippen molar-refractivity contribution >= 4 is 0 Å². The van der Waals surface area contributed by atoms with Crippen molar-refractivity contribution < 1.29 is 9.84 Å². The maximum atomic E-state index is 9.76. The van der Waals surface area contributed by atoms with Crippen molar-refractivity contribution in [1.29, 1.82) is 0 Å². The van der Waals surface area contributed by atoms with Crippen LogP contribution < -0.4 is 10.5 Å². The molecule has 0 aliphatic heterocycles. The second kappa shape index (κ2) is 7.08. The highest BCUT2D eigenvalue weighted by atomic mass is 16.5. The molecule has 0 radical (unpaired) electrons. The number of hydrogen-bond acceptors (Lipinski definition) is 3. The summed E-state index contributed by atoms with van der Waals surface area (Å²) in [7, 11) is 0. The number of aliphatic hydroxyl groups excluding tert-OH is 1. The molecule has 3 N–H and O–H groups in total. The summed E-state index contributed by atoms with van der Waals surface area (Å²) in [5, 5.41) is 9.76. The Morgan fingerprint density at radius 2 is 1.95 bits per heavy atom. The molecule has 3 heteroatoms.